The molecule has 0 saturated carbocycles. The molecule has 134 valence electrons. The molecule has 1 aromatic heterocycles. The van der Waals surface area contributed by atoms with Crippen LogP contribution in [0.2, 0.25) is 5.02 Å². The van der Waals surface area contributed by atoms with E-state index in [0.29, 0.717) is 4.47 Å². The molecule has 0 unspecified atom stereocenters. The predicted octanol–water partition coefficient (Wildman–Crippen LogP) is 3.81. The number of nitrogens with zero attached hydrogens (tertiary/aromatic N) is 2. The standard InChI is InChI=1S/C16H11BrClN3O4S/c1-26(23,24)13-5-3-2-4-10(13)15-20-21-16(25-15)19-14(22)11-8-9(17)6-7-12(11)18/h2-8H,1H3,(H,19,21,22). The molecule has 3 rings (SSSR count). The first-order valence-corrected chi connectivity index (χ1v) is 10.2. The first-order chi connectivity index (χ1) is 12.3. The van der Waals surface area contributed by atoms with Crippen molar-refractivity contribution < 1.29 is 17.6 Å². The topological polar surface area (TPSA) is 102 Å². The number of carbonyl (C=O) groups is 1. The maximum Gasteiger partial charge on any atom is 0.322 e. The summed E-state index contributed by atoms with van der Waals surface area (Å²) in [5.74, 6) is -0.565. The van der Waals surface area contributed by atoms with E-state index in [2.05, 4.69) is 31.4 Å². The first-order valence-electron chi connectivity index (χ1n) is 7.15. The third-order valence-corrected chi connectivity index (χ3v) is 5.31. The Morgan fingerprint density at radius 3 is 2.65 bits per heavy atom. The number of anilines is 1. The van der Waals surface area contributed by atoms with Crippen LogP contribution in [-0.2, 0) is 9.84 Å². The van der Waals surface area contributed by atoms with Crippen LogP contribution in [0, 0.1) is 0 Å². The molecule has 0 radical (unpaired) electrons. The van der Waals surface area contributed by atoms with Gasteiger partial charge >= 0.3 is 6.01 Å². The quantitative estimate of drug-likeness (QED) is 0.640. The Morgan fingerprint density at radius 1 is 1.19 bits per heavy atom. The van der Waals surface area contributed by atoms with Gasteiger partial charge in [-0.2, -0.15) is 0 Å². The minimum Gasteiger partial charge on any atom is -0.403 e. The van der Waals surface area contributed by atoms with E-state index in [9.17, 15) is 13.2 Å². The molecule has 0 spiro atoms. The highest BCUT2D eigenvalue weighted by atomic mass is 79.9. The van der Waals surface area contributed by atoms with E-state index in [1.165, 1.54) is 6.07 Å². The fraction of sp³-hybridized carbons (Fsp3) is 0.0625. The van der Waals surface area contributed by atoms with E-state index >= 15 is 0 Å². The Labute approximate surface area is 162 Å². The molecule has 0 aliphatic carbocycles. The van der Waals surface area contributed by atoms with Gasteiger partial charge in [-0.1, -0.05) is 44.8 Å². The Morgan fingerprint density at radius 2 is 1.92 bits per heavy atom. The maximum atomic E-state index is 12.3. The third-order valence-electron chi connectivity index (χ3n) is 3.34. The fourth-order valence-electron chi connectivity index (χ4n) is 2.19. The normalized spacial score (nSPS) is 11.3. The summed E-state index contributed by atoms with van der Waals surface area (Å²) >= 11 is 9.28. The number of benzene rings is 2. The molecule has 3 aromatic rings. The molecule has 0 fully saturated rings. The highest BCUT2D eigenvalue weighted by molar-refractivity contribution is 9.10. The number of sulfone groups is 1. The summed E-state index contributed by atoms with van der Waals surface area (Å²) in [4.78, 5) is 12.4. The zero-order chi connectivity index (χ0) is 18.9. The van der Waals surface area contributed by atoms with Gasteiger partial charge in [-0.15, -0.1) is 5.10 Å². The van der Waals surface area contributed by atoms with Crippen LogP contribution in [0.5, 0.6) is 0 Å². The van der Waals surface area contributed by atoms with Crippen LogP contribution in [-0.4, -0.2) is 30.8 Å². The van der Waals surface area contributed by atoms with Crippen LogP contribution >= 0.6 is 27.5 Å². The number of aromatic nitrogens is 2. The molecular formula is C16H11BrClN3O4S. The van der Waals surface area contributed by atoms with Crippen LogP contribution in [0.25, 0.3) is 11.5 Å². The molecule has 2 aromatic carbocycles. The SMILES string of the molecule is CS(=O)(=O)c1ccccc1-c1nnc(NC(=O)c2cc(Br)ccc2Cl)o1. The van der Waals surface area contributed by atoms with Gasteiger partial charge in [-0.3, -0.25) is 10.1 Å². The van der Waals surface area contributed by atoms with E-state index < -0.39 is 15.7 Å². The molecule has 0 aliphatic rings. The molecule has 0 bridgehead atoms. The number of amides is 1. The minimum atomic E-state index is -3.49. The molecule has 0 aliphatic heterocycles. The van der Waals surface area contributed by atoms with Gasteiger partial charge in [0.25, 0.3) is 11.8 Å². The van der Waals surface area contributed by atoms with Crippen LogP contribution in [0.1, 0.15) is 10.4 Å². The van der Waals surface area contributed by atoms with E-state index in [1.807, 2.05) is 0 Å². The van der Waals surface area contributed by atoms with Gasteiger partial charge in [0.1, 0.15) is 0 Å². The Balaban J connectivity index is 1.90. The van der Waals surface area contributed by atoms with E-state index in [0.717, 1.165) is 6.26 Å². The second-order valence-electron chi connectivity index (χ2n) is 5.26. The largest absolute Gasteiger partial charge is 0.403 e. The van der Waals surface area contributed by atoms with Crippen molar-refractivity contribution in [1.82, 2.24) is 10.2 Å². The van der Waals surface area contributed by atoms with Crippen molar-refractivity contribution in [3.05, 3.63) is 57.5 Å². The summed E-state index contributed by atoms with van der Waals surface area (Å²) in [6.07, 6.45) is 1.08. The van der Waals surface area contributed by atoms with Gasteiger partial charge in [0.2, 0.25) is 0 Å². The van der Waals surface area contributed by atoms with Crippen LogP contribution in [0.3, 0.4) is 0 Å². The van der Waals surface area contributed by atoms with Gasteiger partial charge in [0, 0.05) is 10.7 Å². The average Bonchev–Trinajstić information content (AvgIpc) is 3.04. The van der Waals surface area contributed by atoms with Gasteiger partial charge in [-0.25, -0.2) is 8.42 Å². The van der Waals surface area contributed by atoms with Crippen molar-refractivity contribution in [2.24, 2.45) is 0 Å². The van der Waals surface area contributed by atoms with Crippen molar-refractivity contribution >= 4 is 49.3 Å². The zero-order valence-electron chi connectivity index (χ0n) is 13.2. The van der Waals surface area contributed by atoms with Crippen LogP contribution in [0.4, 0.5) is 6.01 Å². The molecule has 1 N–H and O–H groups in total. The maximum absolute atomic E-state index is 12.3. The summed E-state index contributed by atoms with van der Waals surface area (Å²) in [6, 6.07) is 10.9. The van der Waals surface area contributed by atoms with Crippen molar-refractivity contribution in [3.63, 3.8) is 0 Å². The molecule has 1 amide bonds. The number of nitrogens with one attached hydrogen (secondary N) is 1. The third kappa shape index (κ3) is 3.95. The molecule has 0 atom stereocenters. The first kappa shape index (κ1) is 18.6. The molecule has 7 nitrogen and oxygen atoms in total. The molecule has 10 heteroatoms. The molecule has 26 heavy (non-hydrogen) atoms. The lowest BCUT2D eigenvalue weighted by molar-refractivity contribution is 0.102. The Kier molecular flexibility index (Phi) is 5.12. The van der Waals surface area contributed by atoms with Crippen molar-refractivity contribution in [2.75, 3.05) is 11.6 Å². The smallest absolute Gasteiger partial charge is 0.322 e. The van der Waals surface area contributed by atoms with Gasteiger partial charge in [-0.05, 0) is 30.3 Å². The van der Waals surface area contributed by atoms with Crippen molar-refractivity contribution in [3.8, 4) is 11.5 Å². The highest BCUT2D eigenvalue weighted by Crippen LogP contribution is 2.28. The summed E-state index contributed by atoms with van der Waals surface area (Å²) < 4.78 is 29.8. The van der Waals surface area contributed by atoms with Gasteiger partial charge in [0.15, 0.2) is 9.84 Å². The Bertz CT molecular complexity index is 1100. The number of carbonyl (C=O) groups excluding carboxylic acids is 1. The summed E-state index contributed by atoms with van der Waals surface area (Å²) in [5, 5.41) is 10.2. The minimum absolute atomic E-state index is 0.0262. The Hall–Kier alpha value is -2.23. The lowest BCUT2D eigenvalue weighted by atomic mass is 10.2. The summed E-state index contributed by atoms with van der Waals surface area (Å²) in [5.41, 5.74) is 0.473. The number of hydrogen-bond donors (Lipinski definition) is 1. The number of rotatable bonds is 4. The van der Waals surface area contributed by atoms with Gasteiger partial charge in [0.05, 0.1) is 21.0 Å². The van der Waals surface area contributed by atoms with Crippen LogP contribution in [0.15, 0.2) is 56.2 Å². The summed E-state index contributed by atoms with van der Waals surface area (Å²) in [6.45, 7) is 0. The lowest BCUT2D eigenvalue weighted by Gasteiger charge is -2.04. The van der Waals surface area contributed by atoms with Gasteiger partial charge < -0.3 is 4.42 Å². The predicted molar refractivity (Wildman–Crippen MR) is 99.9 cm³/mol. The second kappa shape index (κ2) is 7.18. The van der Waals surface area contributed by atoms with Crippen molar-refractivity contribution in [1.29, 1.82) is 0 Å². The average molecular weight is 457 g/mol. The fourth-order valence-corrected chi connectivity index (χ4v) is 3.63. The highest BCUT2D eigenvalue weighted by Gasteiger charge is 2.20. The molecule has 1 heterocycles. The number of hydrogen-bond acceptors (Lipinski definition) is 6. The zero-order valence-corrected chi connectivity index (χ0v) is 16.4. The lowest BCUT2D eigenvalue weighted by Crippen LogP contribution is -2.12. The molecular weight excluding hydrogens is 446 g/mol. The number of halogens is 2. The summed E-state index contributed by atoms with van der Waals surface area (Å²) in [7, 11) is -3.49. The van der Waals surface area contributed by atoms with E-state index in [1.54, 1.807) is 36.4 Å². The van der Waals surface area contributed by atoms with E-state index in [-0.39, 0.29) is 33.0 Å². The second-order valence-corrected chi connectivity index (χ2v) is 8.57. The monoisotopic (exact) mass is 455 g/mol. The van der Waals surface area contributed by atoms with Crippen LogP contribution < -0.4 is 5.32 Å². The van der Waals surface area contributed by atoms with E-state index in [4.69, 9.17) is 16.0 Å². The molecule has 0 saturated heterocycles. The van der Waals surface area contributed by atoms with Crippen molar-refractivity contribution in [2.45, 2.75) is 4.90 Å².